The molecule has 0 saturated carbocycles. The van der Waals surface area contributed by atoms with Crippen molar-refractivity contribution in [3.05, 3.63) is 53.6 Å². The Morgan fingerprint density at radius 3 is 2.76 bits per heavy atom. The number of Topliss-reactive ketones (excluding diaryl/α,β-unsaturated/α-hetero) is 1. The highest BCUT2D eigenvalue weighted by Gasteiger charge is 2.50. The number of benzene rings is 2. The van der Waals surface area contributed by atoms with Crippen LogP contribution in [0.2, 0.25) is 0 Å². The van der Waals surface area contributed by atoms with E-state index < -0.39 is 11.5 Å². The monoisotopic (exact) mass is 339 g/mol. The maximum absolute atomic E-state index is 12.9. The van der Waals surface area contributed by atoms with Crippen molar-refractivity contribution in [1.82, 2.24) is 0 Å². The number of ether oxygens (including phenoxy) is 2. The van der Waals surface area contributed by atoms with Gasteiger partial charge in [-0.3, -0.25) is 9.59 Å². The van der Waals surface area contributed by atoms with Crippen LogP contribution in [0.4, 0.5) is 5.69 Å². The summed E-state index contributed by atoms with van der Waals surface area (Å²) in [6.07, 6.45) is -0.236. The van der Waals surface area contributed by atoms with Gasteiger partial charge < -0.3 is 19.5 Å². The third-order valence-electron chi connectivity index (χ3n) is 4.52. The summed E-state index contributed by atoms with van der Waals surface area (Å²) in [4.78, 5) is 26.0. The number of ketones is 1. The van der Waals surface area contributed by atoms with Crippen molar-refractivity contribution in [3.8, 4) is 11.5 Å². The third-order valence-corrected chi connectivity index (χ3v) is 4.52. The van der Waals surface area contributed by atoms with Gasteiger partial charge in [0.25, 0.3) is 5.91 Å². The average molecular weight is 339 g/mol. The minimum Gasteiger partial charge on any atom is -0.454 e. The van der Waals surface area contributed by atoms with E-state index in [2.05, 4.69) is 0 Å². The minimum atomic E-state index is -1.81. The van der Waals surface area contributed by atoms with Gasteiger partial charge in [0.05, 0.1) is 12.2 Å². The molecular formula is C19H17NO5. The largest absolute Gasteiger partial charge is 0.454 e. The number of hydrogen-bond acceptors (Lipinski definition) is 5. The van der Waals surface area contributed by atoms with Crippen molar-refractivity contribution in [2.45, 2.75) is 25.5 Å². The van der Waals surface area contributed by atoms with Crippen LogP contribution in [0.5, 0.6) is 11.5 Å². The first-order chi connectivity index (χ1) is 12.0. The topological polar surface area (TPSA) is 76.1 Å². The number of carbonyl (C=O) groups is 2. The molecule has 0 bridgehead atoms. The van der Waals surface area contributed by atoms with Crippen LogP contribution in [0.25, 0.3) is 0 Å². The summed E-state index contributed by atoms with van der Waals surface area (Å²) in [5.74, 6) is 0.582. The predicted molar refractivity (Wildman–Crippen MR) is 89.4 cm³/mol. The first-order valence-electron chi connectivity index (χ1n) is 8.01. The smallest absolute Gasteiger partial charge is 0.264 e. The fourth-order valence-corrected chi connectivity index (χ4v) is 3.42. The Balaban J connectivity index is 1.70. The molecule has 0 fully saturated rings. The Morgan fingerprint density at radius 2 is 1.96 bits per heavy atom. The number of nitrogens with zero attached hydrogens (tertiary/aromatic N) is 1. The third kappa shape index (κ3) is 2.46. The maximum atomic E-state index is 12.9. The molecule has 1 atom stereocenters. The lowest BCUT2D eigenvalue weighted by Gasteiger charge is -2.22. The zero-order valence-corrected chi connectivity index (χ0v) is 13.7. The van der Waals surface area contributed by atoms with Crippen LogP contribution >= 0.6 is 0 Å². The van der Waals surface area contributed by atoms with Crippen molar-refractivity contribution in [1.29, 1.82) is 0 Å². The number of hydrogen-bond donors (Lipinski definition) is 1. The molecule has 128 valence electrons. The molecule has 4 rings (SSSR count). The van der Waals surface area contributed by atoms with Gasteiger partial charge in [-0.05, 0) is 30.7 Å². The summed E-state index contributed by atoms with van der Waals surface area (Å²) in [6, 6.07) is 12.5. The van der Waals surface area contributed by atoms with Gasteiger partial charge in [-0.2, -0.15) is 0 Å². The SMILES string of the molecule is CC(=O)C[C@]1(O)C(=O)N(Cc2ccc3c(c2)OCO3)c2ccccc21. The lowest BCUT2D eigenvalue weighted by molar-refractivity contribution is -0.141. The normalized spacial score (nSPS) is 20.7. The number of aliphatic hydroxyl groups is 1. The Hall–Kier alpha value is -2.86. The predicted octanol–water partition coefficient (Wildman–Crippen LogP) is 2.13. The van der Waals surface area contributed by atoms with E-state index >= 15 is 0 Å². The lowest BCUT2D eigenvalue weighted by Crippen LogP contribution is -2.41. The van der Waals surface area contributed by atoms with E-state index in [-0.39, 0.29) is 25.5 Å². The summed E-state index contributed by atoms with van der Waals surface area (Å²) in [5.41, 5.74) is 0.128. The number of amides is 1. The highest BCUT2D eigenvalue weighted by atomic mass is 16.7. The van der Waals surface area contributed by atoms with E-state index in [4.69, 9.17) is 9.47 Å². The molecule has 0 aromatic heterocycles. The molecule has 2 heterocycles. The van der Waals surface area contributed by atoms with E-state index in [1.165, 1.54) is 11.8 Å². The van der Waals surface area contributed by atoms with Gasteiger partial charge in [0.15, 0.2) is 17.1 Å². The summed E-state index contributed by atoms with van der Waals surface area (Å²) >= 11 is 0. The molecule has 0 saturated heterocycles. The van der Waals surface area contributed by atoms with Crippen LogP contribution in [0.3, 0.4) is 0 Å². The molecule has 0 radical (unpaired) electrons. The number of anilines is 1. The van der Waals surface area contributed by atoms with Gasteiger partial charge in [0, 0.05) is 12.0 Å². The fourth-order valence-electron chi connectivity index (χ4n) is 3.42. The number of fused-ring (bicyclic) bond motifs is 2. The van der Waals surface area contributed by atoms with Crippen molar-refractivity contribution >= 4 is 17.4 Å². The highest BCUT2D eigenvalue weighted by Crippen LogP contribution is 2.43. The van der Waals surface area contributed by atoms with Crippen molar-refractivity contribution in [2.24, 2.45) is 0 Å². The first kappa shape index (κ1) is 15.7. The van der Waals surface area contributed by atoms with Gasteiger partial charge in [0.2, 0.25) is 6.79 Å². The van der Waals surface area contributed by atoms with Crippen LogP contribution in [0, 0.1) is 0 Å². The van der Waals surface area contributed by atoms with Crippen LogP contribution in [0.1, 0.15) is 24.5 Å². The van der Waals surface area contributed by atoms with E-state index in [1.807, 2.05) is 12.1 Å². The molecule has 6 nitrogen and oxygen atoms in total. The van der Waals surface area contributed by atoms with E-state index in [0.29, 0.717) is 22.7 Å². The minimum absolute atomic E-state index is 0.183. The molecular weight excluding hydrogens is 322 g/mol. The van der Waals surface area contributed by atoms with Crippen molar-refractivity contribution < 1.29 is 24.2 Å². The fraction of sp³-hybridized carbons (Fsp3) is 0.263. The Kier molecular flexibility index (Phi) is 3.51. The van der Waals surface area contributed by atoms with Crippen molar-refractivity contribution in [2.75, 3.05) is 11.7 Å². The molecule has 0 spiro atoms. The molecule has 1 amide bonds. The number of carbonyl (C=O) groups excluding carboxylic acids is 2. The molecule has 0 aliphatic carbocycles. The Labute approximate surface area is 144 Å². The summed E-state index contributed by atoms with van der Waals surface area (Å²) < 4.78 is 10.7. The maximum Gasteiger partial charge on any atom is 0.264 e. The average Bonchev–Trinajstić information content (AvgIpc) is 3.12. The molecule has 6 heteroatoms. The summed E-state index contributed by atoms with van der Waals surface area (Å²) in [6.45, 7) is 1.82. The molecule has 2 aromatic rings. The molecule has 2 aliphatic rings. The second-order valence-corrected chi connectivity index (χ2v) is 6.34. The van der Waals surface area contributed by atoms with E-state index in [0.717, 1.165) is 5.56 Å². The van der Waals surface area contributed by atoms with Crippen LogP contribution in [0.15, 0.2) is 42.5 Å². The molecule has 0 unspecified atom stereocenters. The van der Waals surface area contributed by atoms with Crippen LogP contribution < -0.4 is 14.4 Å². The zero-order chi connectivity index (χ0) is 17.6. The molecule has 2 aliphatic heterocycles. The summed E-state index contributed by atoms with van der Waals surface area (Å²) in [7, 11) is 0. The Bertz CT molecular complexity index is 878. The standard InChI is InChI=1S/C19H17NO5/c1-12(21)9-19(23)14-4-2-3-5-15(14)20(18(19)22)10-13-6-7-16-17(8-13)25-11-24-16/h2-8,23H,9-11H2,1H3/t19-/m1/s1. The Morgan fingerprint density at radius 1 is 1.20 bits per heavy atom. The van der Waals surface area contributed by atoms with E-state index in [1.54, 1.807) is 30.3 Å². The molecule has 25 heavy (non-hydrogen) atoms. The van der Waals surface area contributed by atoms with E-state index in [9.17, 15) is 14.7 Å². The van der Waals surface area contributed by atoms with Gasteiger partial charge >= 0.3 is 0 Å². The zero-order valence-electron chi connectivity index (χ0n) is 13.7. The summed E-state index contributed by atoms with van der Waals surface area (Å²) in [5, 5.41) is 10.9. The van der Waals surface area contributed by atoms with Gasteiger partial charge in [-0.15, -0.1) is 0 Å². The second-order valence-electron chi connectivity index (χ2n) is 6.34. The molecule has 2 aromatic carbocycles. The highest BCUT2D eigenvalue weighted by molar-refractivity contribution is 6.08. The van der Waals surface area contributed by atoms with Gasteiger partial charge in [-0.1, -0.05) is 24.3 Å². The van der Waals surface area contributed by atoms with Gasteiger partial charge in [-0.25, -0.2) is 0 Å². The molecule has 1 N–H and O–H groups in total. The number of rotatable bonds is 4. The van der Waals surface area contributed by atoms with Gasteiger partial charge in [0.1, 0.15) is 5.78 Å². The van der Waals surface area contributed by atoms with Crippen LogP contribution in [-0.2, 0) is 21.7 Å². The quantitative estimate of drug-likeness (QED) is 0.923. The number of para-hydroxylation sites is 1. The first-order valence-corrected chi connectivity index (χ1v) is 8.01. The van der Waals surface area contributed by atoms with Crippen molar-refractivity contribution in [3.63, 3.8) is 0 Å². The lowest BCUT2D eigenvalue weighted by atomic mass is 9.90. The second kappa shape index (κ2) is 5.60. The van der Waals surface area contributed by atoms with Crippen LogP contribution in [-0.4, -0.2) is 23.6 Å².